The molecule has 16 heavy (non-hydrogen) atoms. The van der Waals surface area contributed by atoms with Crippen LogP contribution in [0, 0.1) is 13.8 Å². The van der Waals surface area contributed by atoms with E-state index in [2.05, 4.69) is 5.43 Å². The van der Waals surface area contributed by atoms with Gasteiger partial charge in [-0.1, -0.05) is 0 Å². The fourth-order valence-electron chi connectivity index (χ4n) is 1.58. The van der Waals surface area contributed by atoms with Crippen LogP contribution in [0.15, 0.2) is 6.07 Å². The van der Waals surface area contributed by atoms with Crippen molar-refractivity contribution in [2.24, 2.45) is 5.84 Å². The summed E-state index contributed by atoms with van der Waals surface area (Å²) in [6.07, 6.45) is 0. The summed E-state index contributed by atoms with van der Waals surface area (Å²) >= 11 is 0. The average Bonchev–Trinajstić information content (AvgIpc) is 2.31. The van der Waals surface area contributed by atoms with Gasteiger partial charge in [0.05, 0.1) is 19.8 Å². The number of carbonyl (C=O) groups is 1. The Labute approximate surface area is 94.5 Å². The van der Waals surface area contributed by atoms with E-state index in [9.17, 15) is 4.79 Å². The van der Waals surface area contributed by atoms with Gasteiger partial charge in [-0.25, -0.2) is 5.84 Å². The van der Waals surface area contributed by atoms with E-state index in [1.165, 1.54) is 7.11 Å². The van der Waals surface area contributed by atoms with Gasteiger partial charge in [0.1, 0.15) is 11.5 Å². The van der Waals surface area contributed by atoms with Crippen molar-refractivity contribution in [1.82, 2.24) is 5.43 Å². The number of hydrazine groups is 1. The maximum atomic E-state index is 11.6. The third kappa shape index (κ3) is 1.94. The summed E-state index contributed by atoms with van der Waals surface area (Å²) in [7, 11) is 3.07. The van der Waals surface area contributed by atoms with Crippen molar-refractivity contribution < 1.29 is 14.3 Å². The zero-order chi connectivity index (χ0) is 12.3. The quantitative estimate of drug-likeness (QED) is 0.455. The molecule has 0 aliphatic carbocycles. The van der Waals surface area contributed by atoms with Crippen LogP contribution in [0.25, 0.3) is 0 Å². The van der Waals surface area contributed by atoms with Crippen LogP contribution >= 0.6 is 0 Å². The zero-order valence-electron chi connectivity index (χ0n) is 9.88. The molecule has 0 unspecified atom stereocenters. The molecule has 1 rings (SSSR count). The minimum absolute atomic E-state index is 0.366. The Morgan fingerprint density at radius 1 is 1.25 bits per heavy atom. The van der Waals surface area contributed by atoms with E-state index >= 15 is 0 Å². The predicted molar refractivity (Wildman–Crippen MR) is 60.7 cm³/mol. The zero-order valence-corrected chi connectivity index (χ0v) is 9.88. The van der Waals surface area contributed by atoms with Crippen LogP contribution in [0.4, 0.5) is 0 Å². The number of nitrogens with two attached hydrogens (primary N) is 1. The first-order valence-corrected chi connectivity index (χ1v) is 4.79. The molecule has 0 heterocycles. The molecule has 1 aromatic carbocycles. The maximum absolute atomic E-state index is 11.6. The number of rotatable bonds is 3. The van der Waals surface area contributed by atoms with Gasteiger partial charge in [0.2, 0.25) is 0 Å². The van der Waals surface area contributed by atoms with Crippen LogP contribution in [0.5, 0.6) is 11.5 Å². The molecule has 88 valence electrons. The third-order valence-corrected chi connectivity index (χ3v) is 2.59. The van der Waals surface area contributed by atoms with Gasteiger partial charge in [0, 0.05) is 0 Å². The largest absolute Gasteiger partial charge is 0.496 e. The van der Waals surface area contributed by atoms with E-state index in [4.69, 9.17) is 15.3 Å². The molecule has 3 N–H and O–H groups in total. The lowest BCUT2D eigenvalue weighted by Gasteiger charge is -2.15. The van der Waals surface area contributed by atoms with Crippen LogP contribution in [-0.2, 0) is 0 Å². The second-order valence-electron chi connectivity index (χ2n) is 3.38. The third-order valence-electron chi connectivity index (χ3n) is 2.59. The lowest BCUT2D eigenvalue weighted by atomic mass is 10.0. The normalized spacial score (nSPS) is 9.81. The first-order valence-electron chi connectivity index (χ1n) is 4.79. The first kappa shape index (κ1) is 12.3. The number of carbonyl (C=O) groups excluding carboxylic acids is 1. The number of methoxy groups -OCH3 is 2. The van der Waals surface area contributed by atoms with E-state index < -0.39 is 5.91 Å². The maximum Gasteiger partial charge on any atom is 0.269 e. The van der Waals surface area contributed by atoms with Crippen molar-refractivity contribution in [3.63, 3.8) is 0 Å². The van der Waals surface area contributed by atoms with E-state index in [1.807, 2.05) is 13.8 Å². The Morgan fingerprint density at radius 3 is 2.31 bits per heavy atom. The van der Waals surface area contributed by atoms with Crippen LogP contribution < -0.4 is 20.7 Å². The van der Waals surface area contributed by atoms with Gasteiger partial charge >= 0.3 is 0 Å². The number of hydrogen-bond acceptors (Lipinski definition) is 4. The second-order valence-corrected chi connectivity index (χ2v) is 3.38. The Bertz CT molecular complexity index is 416. The number of nitrogen functional groups attached to an aromatic ring is 1. The average molecular weight is 224 g/mol. The fourth-order valence-corrected chi connectivity index (χ4v) is 1.58. The topological polar surface area (TPSA) is 73.6 Å². The molecule has 0 bridgehead atoms. The molecular weight excluding hydrogens is 208 g/mol. The summed E-state index contributed by atoms with van der Waals surface area (Å²) in [6.45, 7) is 3.77. The van der Waals surface area contributed by atoms with Crippen molar-refractivity contribution in [2.75, 3.05) is 14.2 Å². The van der Waals surface area contributed by atoms with Gasteiger partial charge in [-0.2, -0.15) is 0 Å². The number of ether oxygens (including phenoxy) is 2. The predicted octanol–water partition coefficient (Wildman–Crippen LogP) is 0.924. The highest BCUT2D eigenvalue weighted by Crippen LogP contribution is 2.33. The molecule has 1 amide bonds. The molecule has 1 aromatic rings. The molecule has 0 saturated carbocycles. The van der Waals surface area contributed by atoms with Gasteiger partial charge in [0.25, 0.3) is 5.91 Å². The van der Waals surface area contributed by atoms with E-state index in [0.29, 0.717) is 17.1 Å². The van der Waals surface area contributed by atoms with Crippen molar-refractivity contribution in [3.05, 3.63) is 22.8 Å². The summed E-state index contributed by atoms with van der Waals surface area (Å²) in [5.74, 6) is 5.86. The summed E-state index contributed by atoms with van der Waals surface area (Å²) < 4.78 is 10.4. The van der Waals surface area contributed by atoms with E-state index in [0.717, 1.165) is 11.1 Å². The molecule has 5 heteroatoms. The molecule has 5 nitrogen and oxygen atoms in total. The SMILES string of the molecule is COc1cc(C(=O)NN)c(OC)c(C)c1C. The lowest BCUT2D eigenvalue weighted by molar-refractivity contribution is 0.0950. The number of nitrogens with one attached hydrogen (secondary N) is 1. The van der Waals surface area contributed by atoms with Gasteiger partial charge in [-0.15, -0.1) is 0 Å². The minimum Gasteiger partial charge on any atom is -0.496 e. The Balaban J connectivity index is 3.47. The van der Waals surface area contributed by atoms with Crippen LogP contribution in [-0.4, -0.2) is 20.1 Å². The lowest BCUT2D eigenvalue weighted by Crippen LogP contribution is -2.30. The molecule has 0 fully saturated rings. The molecule has 0 aliphatic rings. The van der Waals surface area contributed by atoms with Gasteiger partial charge in [0.15, 0.2) is 0 Å². The minimum atomic E-state index is -0.404. The van der Waals surface area contributed by atoms with Gasteiger partial charge in [-0.05, 0) is 31.0 Å². The second kappa shape index (κ2) is 4.85. The highest BCUT2D eigenvalue weighted by molar-refractivity contribution is 5.97. The van der Waals surface area contributed by atoms with Crippen LogP contribution in [0.2, 0.25) is 0 Å². The Hall–Kier alpha value is -1.75. The molecule has 0 atom stereocenters. The monoisotopic (exact) mass is 224 g/mol. The summed E-state index contributed by atoms with van der Waals surface area (Å²) in [5, 5.41) is 0. The van der Waals surface area contributed by atoms with Crippen molar-refractivity contribution in [1.29, 1.82) is 0 Å². The molecule has 0 radical (unpaired) electrons. The van der Waals surface area contributed by atoms with Crippen molar-refractivity contribution >= 4 is 5.91 Å². The summed E-state index contributed by atoms with van der Waals surface area (Å²) in [4.78, 5) is 11.6. The molecule has 0 spiro atoms. The van der Waals surface area contributed by atoms with Crippen molar-refractivity contribution in [3.8, 4) is 11.5 Å². The molecule has 0 saturated heterocycles. The number of hydrogen-bond donors (Lipinski definition) is 2. The number of amides is 1. The Kier molecular flexibility index (Phi) is 3.73. The van der Waals surface area contributed by atoms with Crippen molar-refractivity contribution in [2.45, 2.75) is 13.8 Å². The highest BCUT2D eigenvalue weighted by atomic mass is 16.5. The van der Waals surface area contributed by atoms with Crippen LogP contribution in [0.1, 0.15) is 21.5 Å². The summed E-state index contributed by atoms with van der Waals surface area (Å²) in [6, 6.07) is 1.61. The van der Waals surface area contributed by atoms with E-state index in [1.54, 1.807) is 13.2 Å². The van der Waals surface area contributed by atoms with E-state index in [-0.39, 0.29) is 0 Å². The fraction of sp³-hybridized carbons (Fsp3) is 0.364. The first-order chi connectivity index (χ1) is 7.56. The summed E-state index contributed by atoms with van der Waals surface area (Å²) in [5.41, 5.74) is 4.24. The molecular formula is C11H16N2O3. The highest BCUT2D eigenvalue weighted by Gasteiger charge is 2.18. The van der Waals surface area contributed by atoms with Gasteiger partial charge < -0.3 is 9.47 Å². The smallest absolute Gasteiger partial charge is 0.269 e. The van der Waals surface area contributed by atoms with Gasteiger partial charge in [-0.3, -0.25) is 10.2 Å². The molecule has 0 aromatic heterocycles. The standard InChI is InChI=1S/C11H16N2O3/c1-6-7(2)10(16-4)8(11(14)13-12)5-9(6)15-3/h5H,12H2,1-4H3,(H,13,14). The molecule has 0 aliphatic heterocycles. The Morgan fingerprint density at radius 2 is 1.88 bits per heavy atom. The van der Waals surface area contributed by atoms with Crippen LogP contribution in [0.3, 0.4) is 0 Å². The number of benzene rings is 1.